The fraction of sp³-hybridized carbons (Fsp3) is 0.200. The summed E-state index contributed by atoms with van der Waals surface area (Å²) in [6, 6.07) is 20.7. The molecule has 1 aromatic heterocycles. The van der Waals surface area contributed by atoms with Gasteiger partial charge in [-0.15, -0.1) is 0 Å². The summed E-state index contributed by atoms with van der Waals surface area (Å²) in [7, 11) is 0. The average Bonchev–Trinajstić information content (AvgIpc) is 3.41. The van der Waals surface area contributed by atoms with Crippen LogP contribution in [0.3, 0.4) is 0 Å². The normalized spacial score (nSPS) is 19.4. The predicted octanol–water partition coefficient (Wildman–Crippen LogP) is 5.21. The third-order valence-corrected chi connectivity index (χ3v) is 10.3. The number of imide groups is 1. The molecule has 1 saturated heterocycles. The number of nitrogens with one attached hydrogen (secondary N) is 1. The second-order valence-electron chi connectivity index (χ2n) is 9.73. The first-order valence-electron chi connectivity index (χ1n) is 13.1. The predicted molar refractivity (Wildman–Crippen MR) is 165 cm³/mol. The van der Waals surface area contributed by atoms with Crippen LogP contribution in [-0.4, -0.2) is 39.3 Å². The number of fused-ring (bicyclic) bond motifs is 2. The summed E-state index contributed by atoms with van der Waals surface area (Å²) in [5, 5.41) is 12.8. The Morgan fingerprint density at radius 3 is 2.48 bits per heavy atom. The second-order valence-corrected chi connectivity index (χ2v) is 12.8. The third kappa shape index (κ3) is 5.03. The number of phenolic OH excluding ortho intramolecular Hbond substituents is 1. The standard InChI is InChI=1S/C30H24BrN3O6S2/c1-2-40-21-14-16(8-13-20(21)35)23-24-25(28(38)34(27(24)37)19-11-9-17(31)10-12-19)41-29-26(23)42-30(39)33(29)15-22(36)32-18-6-4-3-5-7-18/h3-14,23-25,35H,2,15H2,1H3,(H,32,36)/t23-,24?,25?/m0/s1. The summed E-state index contributed by atoms with van der Waals surface area (Å²) in [5.74, 6) is -2.48. The molecule has 9 nitrogen and oxygen atoms in total. The molecule has 1 fully saturated rings. The summed E-state index contributed by atoms with van der Waals surface area (Å²) < 4.78 is 7.80. The van der Waals surface area contributed by atoms with Gasteiger partial charge in [-0.2, -0.15) is 0 Å². The lowest BCUT2D eigenvalue weighted by molar-refractivity contribution is -0.122. The SMILES string of the molecule is CCOc1cc([C@@H]2c3sc(=O)n(CC(=O)Nc4ccccc4)c3SC3C(=O)N(c4ccc(Br)cc4)C(=O)C32)ccc1O. The zero-order chi connectivity index (χ0) is 29.5. The number of thioether (sulfide) groups is 1. The lowest BCUT2D eigenvalue weighted by Gasteiger charge is -2.31. The van der Waals surface area contributed by atoms with Gasteiger partial charge >= 0.3 is 4.87 Å². The van der Waals surface area contributed by atoms with Crippen molar-refractivity contribution >= 4 is 68.1 Å². The number of rotatable bonds is 7. The molecule has 0 spiro atoms. The van der Waals surface area contributed by atoms with Crippen LogP contribution in [0, 0.1) is 5.92 Å². The number of anilines is 2. The molecule has 4 aromatic rings. The van der Waals surface area contributed by atoms with Gasteiger partial charge in [0.2, 0.25) is 17.7 Å². The number of aromatic nitrogens is 1. The number of para-hydroxylation sites is 1. The lowest BCUT2D eigenvalue weighted by atomic mass is 9.83. The maximum atomic E-state index is 14.0. The van der Waals surface area contributed by atoms with E-state index in [-0.39, 0.29) is 28.8 Å². The zero-order valence-electron chi connectivity index (χ0n) is 22.2. The topological polar surface area (TPSA) is 118 Å². The van der Waals surface area contributed by atoms with Crippen LogP contribution in [0.2, 0.25) is 0 Å². The average molecular weight is 667 g/mol. The smallest absolute Gasteiger partial charge is 0.308 e. The molecule has 214 valence electrons. The van der Waals surface area contributed by atoms with Crippen molar-refractivity contribution in [3.05, 3.63) is 97.4 Å². The molecule has 3 aromatic carbocycles. The largest absolute Gasteiger partial charge is 0.504 e. The molecule has 2 unspecified atom stereocenters. The zero-order valence-corrected chi connectivity index (χ0v) is 25.4. The van der Waals surface area contributed by atoms with Crippen LogP contribution in [0.15, 0.2) is 87.1 Å². The van der Waals surface area contributed by atoms with Crippen molar-refractivity contribution in [1.29, 1.82) is 0 Å². The summed E-state index contributed by atoms with van der Waals surface area (Å²) >= 11 is 5.49. The van der Waals surface area contributed by atoms with E-state index in [1.807, 2.05) is 6.07 Å². The molecule has 2 aliphatic rings. The highest BCUT2D eigenvalue weighted by Crippen LogP contribution is 2.54. The molecule has 3 heterocycles. The Balaban J connectivity index is 1.44. The molecule has 3 atom stereocenters. The number of hydrogen-bond acceptors (Lipinski definition) is 8. The number of carbonyl (C=O) groups excluding carboxylic acids is 3. The van der Waals surface area contributed by atoms with Crippen molar-refractivity contribution in [2.24, 2.45) is 5.92 Å². The van der Waals surface area contributed by atoms with Crippen molar-refractivity contribution < 1.29 is 24.2 Å². The Morgan fingerprint density at radius 2 is 1.76 bits per heavy atom. The summed E-state index contributed by atoms with van der Waals surface area (Å²) in [4.78, 5) is 55.6. The molecule has 0 aliphatic carbocycles. The minimum atomic E-state index is -0.833. The van der Waals surface area contributed by atoms with Gasteiger partial charge in [0.25, 0.3) is 0 Å². The van der Waals surface area contributed by atoms with Crippen LogP contribution in [-0.2, 0) is 20.9 Å². The molecule has 2 aliphatic heterocycles. The Bertz CT molecular complexity index is 1760. The number of thiazole rings is 1. The number of halogens is 1. The van der Waals surface area contributed by atoms with E-state index in [0.29, 0.717) is 33.4 Å². The molecular formula is C30H24BrN3O6S2. The van der Waals surface area contributed by atoms with Gasteiger partial charge in [-0.3, -0.25) is 23.7 Å². The highest BCUT2D eigenvalue weighted by molar-refractivity contribution is 9.10. The van der Waals surface area contributed by atoms with Crippen molar-refractivity contribution in [3.63, 3.8) is 0 Å². The molecule has 3 amide bonds. The van der Waals surface area contributed by atoms with E-state index in [1.54, 1.807) is 67.6 Å². The van der Waals surface area contributed by atoms with E-state index in [0.717, 1.165) is 27.6 Å². The Hall–Kier alpha value is -3.87. The summed E-state index contributed by atoms with van der Waals surface area (Å²) in [6.45, 7) is 1.85. The monoisotopic (exact) mass is 665 g/mol. The second kappa shape index (κ2) is 11.4. The van der Waals surface area contributed by atoms with Crippen molar-refractivity contribution in [2.75, 3.05) is 16.8 Å². The van der Waals surface area contributed by atoms with Crippen molar-refractivity contribution in [1.82, 2.24) is 4.57 Å². The van der Waals surface area contributed by atoms with Gasteiger partial charge in [0.05, 0.1) is 23.2 Å². The van der Waals surface area contributed by atoms with Crippen LogP contribution in [0.4, 0.5) is 11.4 Å². The number of carbonyl (C=O) groups is 3. The quantitative estimate of drug-likeness (QED) is 0.260. The van der Waals surface area contributed by atoms with E-state index >= 15 is 0 Å². The van der Waals surface area contributed by atoms with Crippen LogP contribution in [0.1, 0.15) is 23.3 Å². The number of ether oxygens (including phenoxy) is 1. The Kier molecular flexibility index (Phi) is 7.69. The van der Waals surface area contributed by atoms with E-state index in [9.17, 15) is 24.3 Å². The van der Waals surface area contributed by atoms with Gasteiger partial charge < -0.3 is 15.2 Å². The first-order valence-corrected chi connectivity index (χ1v) is 15.6. The van der Waals surface area contributed by atoms with E-state index in [2.05, 4.69) is 21.2 Å². The first-order chi connectivity index (χ1) is 20.3. The van der Waals surface area contributed by atoms with E-state index < -0.39 is 28.9 Å². The fourth-order valence-corrected chi connectivity index (χ4v) is 8.36. The summed E-state index contributed by atoms with van der Waals surface area (Å²) in [6.07, 6.45) is 0. The lowest BCUT2D eigenvalue weighted by Crippen LogP contribution is -2.33. The maximum absolute atomic E-state index is 14.0. The molecule has 0 radical (unpaired) electrons. The van der Waals surface area contributed by atoms with Crippen LogP contribution in [0.5, 0.6) is 11.5 Å². The molecular weight excluding hydrogens is 642 g/mol. The van der Waals surface area contributed by atoms with Crippen LogP contribution in [0.25, 0.3) is 0 Å². The maximum Gasteiger partial charge on any atom is 0.308 e. The highest BCUT2D eigenvalue weighted by atomic mass is 79.9. The van der Waals surface area contributed by atoms with Gasteiger partial charge in [-0.25, -0.2) is 4.90 Å². The van der Waals surface area contributed by atoms with Gasteiger partial charge in [-0.05, 0) is 61.0 Å². The third-order valence-electron chi connectivity index (χ3n) is 7.14. The Morgan fingerprint density at radius 1 is 1.02 bits per heavy atom. The fourth-order valence-electron chi connectivity index (χ4n) is 5.32. The number of phenols is 1. The van der Waals surface area contributed by atoms with Crippen LogP contribution < -0.4 is 19.8 Å². The number of amides is 3. The number of benzene rings is 3. The minimum absolute atomic E-state index is 0.0591. The van der Waals surface area contributed by atoms with Gasteiger partial charge in [0.15, 0.2) is 11.5 Å². The number of hydrogen-bond donors (Lipinski definition) is 2. The first kappa shape index (κ1) is 28.3. The minimum Gasteiger partial charge on any atom is -0.504 e. The van der Waals surface area contributed by atoms with Gasteiger partial charge in [0.1, 0.15) is 11.8 Å². The van der Waals surface area contributed by atoms with E-state index in [4.69, 9.17) is 4.74 Å². The van der Waals surface area contributed by atoms with Crippen molar-refractivity contribution in [2.45, 2.75) is 29.7 Å². The summed E-state index contributed by atoms with van der Waals surface area (Å²) in [5.41, 5.74) is 1.67. The Labute approximate surface area is 257 Å². The van der Waals surface area contributed by atoms with Crippen LogP contribution >= 0.6 is 39.0 Å². The number of aromatic hydroxyl groups is 1. The molecule has 0 saturated carbocycles. The number of nitrogens with zero attached hydrogens (tertiary/aromatic N) is 2. The molecule has 42 heavy (non-hydrogen) atoms. The van der Waals surface area contributed by atoms with E-state index in [1.165, 1.54) is 15.5 Å². The molecule has 0 bridgehead atoms. The van der Waals surface area contributed by atoms with Crippen molar-refractivity contribution in [3.8, 4) is 11.5 Å². The molecule has 6 rings (SSSR count). The molecule has 12 heteroatoms. The van der Waals surface area contributed by atoms with Gasteiger partial charge in [0, 0.05) is 21.0 Å². The van der Waals surface area contributed by atoms with Gasteiger partial charge in [-0.1, -0.05) is 63.3 Å². The highest BCUT2D eigenvalue weighted by Gasteiger charge is 2.57. The molecule has 2 N–H and O–H groups in total.